The van der Waals surface area contributed by atoms with Crippen molar-refractivity contribution in [3.8, 4) is 0 Å². The van der Waals surface area contributed by atoms with E-state index in [1.54, 1.807) is 35.4 Å². The van der Waals surface area contributed by atoms with E-state index < -0.39 is 17.4 Å². The number of aliphatic hydroxyl groups is 1. The van der Waals surface area contributed by atoms with E-state index in [0.29, 0.717) is 25.9 Å². The minimum absolute atomic E-state index is 0.0294. The number of ether oxygens (including phenoxy) is 1. The predicted octanol–water partition coefficient (Wildman–Crippen LogP) is 5.83. The van der Waals surface area contributed by atoms with Gasteiger partial charge < -0.3 is 25.8 Å². The quantitative estimate of drug-likeness (QED) is 0.0404. The van der Waals surface area contributed by atoms with E-state index in [0.717, 1.165) is 43.6 Å². The first-order valence-electron chi connectivity index (χ1n) is 15.5. The molecule has 0 saturated heterocycles. The summed E-state index contributed by atoms with van der Waals surface area (Å²) in [5, 5.41) is 18.5. The summed E-state index contributed by atoms with van der Waals surface area (Å²) in [6, 6.07) is 0. The van der Waals surface area contributed by atoms with Crippen LogP contribution in [0.25, 0.3) is 0 Å². The van der Waals surface area contributed by atoms with Gasteiger partial charge in [0.1, 0.15) is 6.10 Å². The molecule has 0 rings (SSSR count). The van der Waals surface area contributed by atoms with Gasteiger partial charge in [0.2, 0.25) is 17.7 Å². The van der Waals surface area contributed by atoms with Crippen molar-refractivity contribution < 1.29 is 24.2 Å². The Morgan fingerprint density at radius 1 is 0.773 bits per heavy atom. The Balaban J connectivity index is 3.69. The third-order valence-electron chi connectivity index (χ3n) is 5.98. The molecule has 1 atom stereocenters. The van der Waals surface area contributed by atoms with Crippen LogP contribution < -0.4 is 16.0 Å². The second-order valence-corrected chi connectivity index (χ2v) is 13.3. The monoisotopic (exact) mass is 649 g/mol. The van der Waals surface area contributed by atoms with Crippen molar-refractivity contribution in [1.82, 2.24) is 16.0 Å². The van der Waals surface area contributed by atoms with Crippen LogP contribution in [-0.4, -0.2) is 73.8 Å². The number of hydrogen-bond acceptors (Lipinski definition) is 7. The van der Waals surface area contributed by atoms with Crippen molar-refractivity contribution in [2.24, 2.45) is 5.41 Å². The summed E-state index contributed by atoms with van der Waals surface area (Å²) in [6.45, 7) is 7.14. The lowest BCUT2D eigenvalue weighted by Gasteiger charge is -2.28. The molecule has 0 aliphatic carbocycles. The van der Waals surface area contributed by atoms with Crippen LogP contribution in [-0.2, 0) is 19.1 Å². The van der Waals surface area contributed by atoms with Gasteiger partial charge in [0.25, 0.3) is 0 Å². The second kappa shape index (κ2) is 29.2. The van der Waals surface area contributed by atoms with Crippen LogP contribution in [0.2, 0.25) is 0 Å². The second-order valence-electron chi connectivity index (χ2n) is 10.6. The molecule has 0 aromatic heterocycles. The van der Waals surface area contributed by atoms with Crippen molar-refractivity contribution in [3.05, 3.63) is 66.5 Å². The summed E-state index contributed by atoms with van der Waals surface area (Å²) < 4.78 is 5.03. The van der Waals surface area contributed by atoms with Gasteiger partial charge in [-0.1, -0.05) is 91.0 Å². The topological polar surface area (TPSA) is 117 Å². The summed E-state index contributed by atoms with van der Waals surface area (Å²) in [5.74, 6) is 0.872. The molecule has 0 aromatic carbocycles. The molecule has 0 radical (unpaired) electrons. The highest BCUT2D eigenvalue weighted by molar-refractivity contribution is 8.76. The fourth-order valence-electron chi connectivity index (χ4n) is 3.54. The minimum Gasteiger partial charge on any atom is -0.384 e. The van der Waals surface area contributed by atoms with E-state index in [1.165, 1.54) is 7.11 Å². The van der Waals surface area contributed by atoms with Crippen LogP contribution in [0.15, 0.2) is 66.5 Å². The van der Waals surface area contributed by atoms with E-state index in [9.17, 15) is 19.5 Å². The maximum Gasteiger partial charge on any atom is 0.249 e. The zero-order valence-corrected chi connectivity index (χ0v) is 28.8. The van der Waals surface area contributed by atoms with Crippen molar-refractivity contribution in [3.63, 3.8) is 0 Å². The molecule has 44 heavy (non-hydrogen) atoms. The molecule has 0 heterocycles. The summed E-state index contributed by atoms with van der Waals surface area (Å²) >= 11 is 0. The van der Waals surface area contributed by atoms with Crippen LogP contribution in [0, 0.1) is 5.41 Å². The largest absolute Gasteiger partial charge is 0.384 e. The highest BCUT2D eigenvalue weighted by Crippen LogP contribution is 2.21. The van der Waals surface area contributed by atoms with E-state index in [2.05, 4.69) is 77.2 Å². The Morgan fingerprint density at radius 3 is 1.84 bits per heavy atom. The van der Waals surface area contributed by atoms with Crippen molar-refractivity contribution in [2.75, 3.05) is 44.9 Å². The SMILES string of the molecule is CC/C=C\C/C=C\C/C=C\C/C=C\CC=C=CCCC(=O)NCCSSCCNC(=O)CCNC(=O)C(O)C(C)(C)COC. The van der Waals surface area contributed by atoms with Crippen molar-refractivity contribution in [1.29, 1.82) is 0 Å². The number of amides is 3. The van der Waals surface area contributed by atoms with Crippen LogP contribution in [0.4, 0.5) is 0 Å². The standard InChI is InChI=1S/C34H55N3O5S2/c1-5-6-7-8-9-10-11-12-13-14-15-16-17-18-19-20-21-22-30(38)35-25-27-43-44-28-26-36-31(39)23-24-37-33(41)32(40)34(2,3)29-42-4/h6-7,9-10,12-13,15-16,18,20,32,40H,5,8,11,14,17,21-29H2,1-4H3,(H,35,38)(H,36,39)(H,37,41)/b7-6-,10-9-,13-12-,16-15-. The lowest BCUT2D eigenvalue weighted by atomic mass is 9.87. The van der Waals surface area contributed by atoms with Gasteiger partial charge in [-0.2, -0.15) is 0 Å². The number of aliphatic hydroxyl groups excluding tert-OH is 1. The highest BCUT2D eigenvalue weighted by Gasteiger charge is 2.33. The highest BCUT2D eigenvalue weighted by atomic mass is 33.1. The maximum absolute atomic E-state index is 12.1. The zero-order valence-electron chi connectivity index (χ0n) is 27.1. The number of methoxy groups -OCH3 is 1. The Hall–Kier alpha value is -2.49. The zero-order chi connectivity index (χ0) is 32.7. The summed E-state index contributed by atoms with van der Waals surface area (Å²) in [6.07, 6.45) is 26.1. The molecular weight excluding hydrogens is 595 g/mol. The van der Waals surface area contributed by atoms with Gasteiger partial charge in [0, 0.05) is 56.5 Å². The van der Waals surface area contributed by atoms with E-state index in [4.69, 9.17) is 4.74 Å². The number of carbonyl (C=O) groups is 3. The van der Waals surface area contributed by atoms with Gasteiger partial charge in [-0.25, -0.2) is 0 Å². The van der Waals surface area contributed by atoms with E-state index in [1.807, 2.05) is 12.2 Å². The Kier molecular flexibility index (Phi) is 27.6. The van der Waals surface area contributed by atoms with Crippen LogP contribution in [0.1, 0.15) is 72.1 Å². The summed E-state index contributed by atoms with van der Waals surface area (Å²) in [4.78, 5) is 36.0. The first-order chi connectivity index (χ1) is 21.2. The predicted molar refractivity (Wildman–Crippen MR) is 187 cm³/mol. The number of carbonyl (C=O) groups excluding carboxylic acids is 3. The van der Waals surface area contributed by atoms with Gasteiger partial charge in [0.15, 0.2) is 0 Å². The van der Waals surface area contributed by atoms with E-state index >= 15 is 0 Å². The molecule has 8 nitrogen and oxygen atoms in total. The summed E-state index contributed by atoms with van der Waals surface area (Å²) in [7, 11) is 4.79. The summed E-state index contributed by atoms with van der Waals surface area (Å²) in [5.41, 5.74) is 2.42. The smallest absolute Gasteiger partial charge is 0.249 e. The molecule has 0 fully saturated rings. The number of rotatable bonds is 26. The Morgan fingerprint density at radius 2 is 1.30 bits per heavy atom. The molecule has 4 N–H and O–H groups in total. The van der Waals surface area contributed by atoms with Crippen molar-refractivity contribution in [2.45, 2.75) is 78.2 Å². The lowest BCUT2D eigenvalue weighted by molar-refractivity contribution is -0.137. The molecule has 3 amide bonds. The molecule has 0 aromatic rings. The Bertz CT molecular complexity index is 970. The number of hydrogen-bond donors (Lipinski definition) is 4. The van der Waals surface area contributed by atoms with Crippen LogP contribution in [0.5, 0.6) is 0 Å². The molecular formula is C34H55N3O5S2. The van der Waals surface area contributed by atoms with E-state index in [-0.39, 0.29) is 31.4 Å². The molecule has 0 aliphatic heterocycles. The fourth-order valence-corrected chi connectivity index (χ4v) is 5.36. The van der Waals surface area contributed by atoms with Gasteiger partial charge >= 0.3 is 0 Å². The van der Waals surface area contributed by atoms with Gasteiger partial charge in [-0.05, 0) is 50.7 Å². The van der Waals surface area contributed by atoms with Crippen LogP contribution in [0.3, 0.4) is 0 Å². The minimum atomic E-state index is -1.21. The van der Waals surface area contributed by atoms with Crippen LogP contribution >= 0.6 is 21.6 Å². The average molecular weight is 650 g/mol. The third-order valence-corrected chi connectivity index (χ3v) is 8.39. The Labute approximate surface area is 273 Å². The molecule has 0 bridgehead atoms. The number of allylic oxidation sites excluding steroid dienone is 9. The molecule has 10 heteroatoms. The molecule has 0 saturated carbocycles. The number of nitrogens with one attached hydrogen (secondary N) is 3. The van der Waals surface area contributed by atoms with Crippen molar-refractivity contribution >= 4 is 39.3 Å². The van der Waals surface area contributed by atoms with Gasteiger partial charge in [0.05, 0.1) is 6.61 Å². The third kappa shape index (κ3) is 26.0. The normalized spacial score (nSPS) is 12.6. The first kappa shape index (κ1) is 41.5. The maximum atomic E-state index is 12.1. The average Bonchev–Trinajstić information content (AvgIpc) is 2.99. The van der Waals surface area contributed by atoms with Gasteiger partial charge in [-0.15, -0.1) is 5.73 Å². The molecule has 1 unspecified atom stereocenters. The van der Waals surface area contributed by atoms with Gasteiger partial charge in [-0.3, -0.25) is 14.4 Å². The first-order valence-corrected chi connectivity index (χ1v) is 17.9. The fraction of sp³-hybridized carbons (Fsp3) is 0.588. The lowest BCUT2D eigenvalue weighted by Crippen LogP contribution is -2.46. The molecule has 248 valence electrons. The molecule has 0 aliphatic rings. The molecule has 0 spiro atoms.